The van der Waals surface area contributed by atoms with Gasteiger partial charge in [-0.25, -0.2) is 0 Å². The monoisotopic (exact) mass is 259 g/mol. The Hall–Kier alpha value is -1.35. The Balaban J connectivity index is 1.68. The number of fused-ring (bicyclic) bond motifs is 1. The molecule has 1 N–H and O–H groups in total. The minimum Gasteiger partial charge on any atom is -0.481 e. The number of hydrogen-bond donors (Lipinski definition) is 1. The van der Waals surface area contributed by atoms with E-state index in [1.807, 2.05) is 6.92 Å². The quantitative estimate of drug-likeness (QED) is 0.905. The largest absolute Gasteiger partial charge is 0.481 e. The summed E-state index contributed by atoms with van der Waals surface area (Å²) in [6, 6.07) is 6.79. The lowest BCUT2D eigenvalue weighted by molar-refractivity contribution is -0.142. The summed E-state index contributed by atoms with van der Waals surface area (Å²) < 4.78 is 0. The van der Waals surface area contributed by atoms with Crippen LogP contribution in [0, 0.1) is 11.8 Å². The van der Waals surface area contributed by atoms with Crippen molar-refractivity contribution in [2.75, 3.05) is 13.1 Å². The average molecular weight is 259 g/mol. The van der Waals surface area contributed by atoms with Crippen LogP contribution in [-0.4, -0.2) is 29.1 Å². The summed E-state index contributed by atoms with van der Waals surface area (Å²) in [5.74, 6) is -0.592. The first-order valence-electron chi connectivity index (χ1n) is 7.19. The number of aryl methyl sites for hydroxylation is 2. The number of hydrogen-bond acceptors (Lipinski definition) is 2. The molecule has 102 valence electrons. The lowest BCUT2D eigenvalue weighted by atomic mass is 9.99. The van der Waals surface area contributed by atoms with Crippen LogP contribution in [0.5, 0.6) is 0 Å². The number of nitrogens with zero attached hydrogens (tertiary/aromatic N) is 1. The first-order chi connectivity index (χ1) is 9.13. The van der Waals surface area contributed by atoms with Crippen LogP contribution in [0.2, 0.25) is 0 Å². The third kappa shape index (κ3) is 2.52. The molecule has 1 fully saturated rings. The Kier molecular flexibility index (Phi) is 3.31. The van der Waals surface area contributed by atoms with Gasteiger partial charge in [-0.05, 0) is 41.9 Å². The molecule has 3 heteroatoms. The highest BCUT2D eigenvalue weighted by molar-refractivity contribution is 5.71. The number of rotatable bonds is 3. The molecule has 1 aromatic carbocycles. The Bertz CT molecular complexity index is 498. The number of carboxylic acids is 1. The van der Waals surface area contributed by atoms with E-state index in [1.54, 1.807) is 0 Å². The molecule has 1 aromatic rings. The molecule has 3 rings (SSSR count). The third-order valence-electron chi connectivity index (χ3n) is 4.57. The number of carboxylic acid groups (broad SMARTS) is 1. The fraction of sp³-hybridized carbons (Fsp3) is 0.562. The lowest BCUT2D eigenvalue weighted by Gasteiger charge is -2.16. The second-order valence-corrected chi connectivity index (χ2v) is 6.07. The Morgan fingerprint density at radius 1 is 1.32 bits per heavy atom. The fourth-order valence-electron chi connectivity index (χ4n) is 3.50. The molecule has 1 heterocycles. The van der Waals surface area contributed by atoms with Crippen molar-refractivity contribution in [3.05, 3.63) is 34.9 Å². The molecule has 1 saturated heterocycles. The summed E-state index contributed by atoms with van der Waals surface area (Å²) in [5.41, 5.74) is 4.33. The van der Waals surface area contributed by atoms with Crippen LogP contribution < -0.4 is 0 Å². The van der Waals surface area contributed by atoms with E-state index in [-0.39, 0.29) is 11.8 Å². The van der Waals surface area contributed by atoms with Crippen molar-refractivity contribution in [1.29, 1.82) is 0 Å². The van der Waals surface area contributed by atoms with Crippen molar-refractivity contribution in [2.45, 2.75) is 32.7 Å². The molecule has 0 amide bonds. The standard InChI is InChI=1S/C16H21NO2/c1-11-8-17(10-15(11)16(18)19)9-12-5-6-13-3-2-4-14(13)7-12/h5-7,11,15H,2-4,8-10H2,1H3,(H,18,19)/t11-,15-/m1/s1. The predicted molar refractivity (Wildman–Crippen MR) is 74.0 cm³/mol. The smallest absolute Gasteiger partial charge is 0.308 e. The van der Waals surface area contributed by atoms with Crippen LogP contribution in [-0.2, 0) is 24.2 Å². The lowest BCUT2D eigenvalue weighted by Crippen LogP contribution is -2.23. The molecule has 19 heavy (non-hydrogen) atoms. The Labute approximate surface area is 114 Å². The predicted octanol–water partition coefficient (Wildman–Crippen LogP) is 2.33. The van der Waals surface area contributed by atoms with Gasteiger partial charge in [0.25, 0.3) is 0 Å². The van der Waals surface area contributed by atoms with E-state index >= 15 is 0 Å². The van der Waals surface area contributed by atoms with Gasteiger partial charge in [-0.15, -0.1) is 0 Å². The number of aliphatic carboxylic acids is 1. The van der Waals surface area contributed by atoms with E-state index in [4.69, 9.17) is 5.11 Å². The molecule has 2 aliphatic rings. The topological polar surface area (TPSA) is 40.5 Å². The molecule has 2 atom stereocenters. The van der Waals surface area contributed by atoms with E-state index in [2.05, 4.69) is 23.1 Å². The summed E-state index contributed by atoms with van der Waals surface area (Å²) in [6.07, 6.45) is 3.70. The molecule has 1 aliphatic carbocycles. The van der Waals surface area contributed by atoms with Gasteiger partial charge in [-0.1, -0.05) is 25.1 Å². The summed E-state index contributed by atoms with van der Waals surface area (Å²) >= 11 is 0. The van der Waals surface area contributed by atoms with Crippen LogP contribution in [0.25, 0.3) is 0 Å². The molecule has 0 radical (unpaired) electrons. The molecule has 0 saturated carbocycles. The van der Waals surface area contributed by atoms with E-state index in [0.717, 1.165) is 13.1 Å². The van der Waals surface area contributed by atoms with Gasteiger partial charge in [0.15, 0.2) is 0 Å². The fourth-order valence-corrected chi connectivity index (χ4v) is 3.50. The third-order valence-corrected chi connectivity index (χ3v) is 4.57. The van der Waals surface area contributed by atoms with Crippen LogP contribution in [0.15, 0.2) is 18.2 Å². The van der Waals surface area contributed by atoms with E-state index in [0.29, 0.717) is 6.54 Å². The van der Waals surface area contributed by atoms with E-state index < -0.39 is 5.97 Å². The second kappa shape index (κ2) is 4.97. The van der Waals surface area contributed by atoms with Crippen LogP contribution >= 0.6 is 0 Å². The van der Waals surface area contributed by atoms with Crippen molar-refractivity contribution < 1.29 is 9.90 Å². The van der Waals surface area contributed by atoms with Crippen molar-refractivity contribution in [3.63, 3.8) is 0 Å². The molecule has 0 unspecified atom stereocenters. The van der Waals surface area contributed by atoms with Gasteiger partial charge in [-0.2, -0.15) is 0 Å². The first-order valence-corrected chi connectivity index (χ1v) is 7.19. The maximum atomic E-state index is 11.1. The first kappa shape index (κ1) is 12.7. The maximum Gasteiger partial charge on any atom is 0.308 e. The molecular weight excluding hydrogens is 238 g/mol. The van der Waals surface area contributed by atoms with Gasteiger partial charge in [0, 0.05) is 19.6 Å². The highest BCUT2D eigenvalue weighted by Gasteiger charge is 2.34. The highest BCUT2D eigenvalue weighted by Crippen LogP contribution is 2.27. The zero-order chi connectivity index (χ0) is 13.4. The summed E-state index contributed by atoms with van der Waals surface area (Å²) in [4.78, 5) is 13.4. The van der Waals surface area contributed by atoms with Gasteiger partial charge in [0.05, 0.1) is 5.92 Å². The summed E-state index contributed by atoms with van der Waals surface area (Å²) in [6.45, 7) is 4.52. The molecule has 3 nitrogen and oxygen atoms in total. The molecule has 0 spiro atoms. The van der Waals surface area contributed by atoms with E-state index in [9.17, 15) is 4.79 Å². The Morgan fingerprint density at radius 3 is 2.84 bits per heavy atom. The van der Waals surface area contributed by atoms with Gasteiger partial charge >= 0.3 is 5.97 Å². The zero-order valence-corrected chi connectivity index (χ0v) is 11.4. The van der Waals surface area contributed by atoms with Crippen molar-refractivity contribution in [2.24, 2.45) is 11.8 Å². The maximum absolute atomic E-state index is 11.1. The van der Waals surface area contributed by atoms with Gasteiger partial charge in [0.1, 0.15) is 0 Å². The summed E-state index contributed by atoms with van der Waals surface area (Å²) in [7, 11) is 0. The van der Waals surface area contributed by atoms with E-state index in [1.165, 1.54) is 36.0 Å². The van der Waals surface area contributed by atoms with Crippen molar-refractivity contribution in [3.8, 4) is 0 Å². The average Bonchev–Trinajstić information content (AvgIpc) is 2.95. The highest BCUT2D eigenvalue weighted by atomic mass is 16.4. The van der Waals surface area contributed by atoms with Gasteiger partial charge in [0.2, 0.25) is 0 Å². The number of carbonyl (C=O) groups is 1. The molecule has 1 aliphatic heterocycles. The molecule has 0 aromatic heterocycles. The van der Waals surface area contributed by atoms with Gasteiger partial charge in [-0.3, -0.25) is 9.69 Å². The Morgan fingerprint density at radius 2 is 2.11 bits per heavy atom. The van der Waals surface area contributed by atoms with Crippen LogP contribution in [0.1, 0.15) is 30.0 Å². The second-order valence-electron chi connectivity index (χ2n) is 6.07. The normalized spacial score (nSPS) is 26.6. The van der Waals surface area contributed by atoms with Crippen LogP contribution in [0.4, 0.5) is 0 Å². The number of benzene rings is 1. The van der Waals surface area contributed by atoms with Crippen molar-refractivity contribution >= 4 is 5.97 Å². The molecule has 0 bridgehead atoms. The number of likely N-dealkylation sites (tertiary alicyclic amines) is 1. The van der Waals surface area contributed by atoms with Crippen LogP contribution in [0.3, 0.4) is 0 Å². The zero-order valence-electron chi connectivity index (χ0n) is 11.4. The SMILES string of the molecule is C[C@@H]1CN(Cc2ccc3c(c2)CCC3)C[C@H]1C(=O)O. The van der Waals surface area contributed by atoms with Crippen molar-refractivity contribution in [1.82, 2.24) is 4.90 Å². The minimum absolute atomic E-state index is 0.200. The summed E-state index contributed by atoms with van der Waals surface area (Å²) in [5, 5.41) is 9.17. The minimum atomic E-state index is -0.649. The van der Waals surface area contributed by atoms with Gasteiger partial charge < -0.3 is 5.11 Å². The molecular formula is C16H21NO2.